The maximum absolute atomic E-state index is 10.7. The number of benzene rings is 1. The first-order valence-corrected chi connectivity index (χ1v) is 4.56. The number of methoxy groups -OCH3 is 1. The van der Waals surface area contributed by atoms with Crippen LogP contribution in [0.2, 0.25) is 5.02 Å². The van der Waals surface area contributed by atoms with Crippen LogP contribution in [0, 0.1) is 0 Å². The van der Waals surface area contributed by atoms with Gasteiger partial charge in [-0.15, -0.1) is 0 Å². The van der Waals surface area contributed by atoms with Crippen molar-refractivity contribution in [3.05, 3.63) is 22.7 Å². The van der Waals surface area contributed by atoms with Crippen molar-refractivity contribution in [2.45, 2.75) is 6.92 Å². The van der Waals surface area contributed by atoms with Crippen molar-refractivity contribution in [2.24, 2.45) is 0 Å². The Balaban J connectivity index is 3.17. The number of carbonyl (C=O) groups excluding carboxylic acids is 1. The molecule has 0 amide bonds. The van der Waals surface area contributed by atoms with Gasteiger partial charge in [-0.1, -0.05) is 11.6 Å². The molecular formula is C10H11ClO3. The van der Waals surface area contributed by atoms with Crippen LogP contribution in [-0.2, 0) is 0 Å². The van der Waals surface area contributed by atoms with Crippen LogP contribution in [0.1, 0.15) is 17.3 Å². The lowest BCUT2D eigenvalue weighted by Gasteiger charge is -2.09. The summed E-state index contributed by atoms with van der Waals surface area (Å²) in [6, 6.07) is 3.13. The number of carbonyl (C=O) groups is 1. The summed E-state index contributed by atoms with van der Waals surface area (Å²) in [7, 11) is 1.51. The molecule has 0 unspecified atom stereocenters. The second-order valence-electron chi connectivity index (χ2n) is 2.58. The molecule has 4 heteroatoms. The third-order valence-corrected chi connectivity index (χ3v) is 2.01. The van der Waals surface area contributed by atoms with E-state index >= 15 is 0 Å². The van der Waals surface area contributed by atoms with Gasteiger partial charge in [-0.3, -0.25) is 4.79 Å². The molecule has 0 radical (unpaired) electrons. The fraction of sp³-hybridized carbons (Fsp3) is 0.300. The van der Waals surface area contributed by atoms with E-state index in [4.69, 9.17) is 21.1 Å². The molecule has 14 heavy (non-hydrogen) atoms. The number of hydrogen-bond acceptors (Lipinski definition) is 3. The van der Waals surface area contributed by atoms with Gasteiger partial charge in [0.2, 0.25) is 0 Å². The lowest BCUT2D eigenvalue weighted by Crippen LogP contribution is -1.97. The Kier molecular flexibility index (Phi) is 3.77. The van der Waals surface area contributed by atoms with Crippen molar-refractivity contribution in [2.75, 3.05) is 13.7 Å². The number of hydrogen-bond donors (Lipinski definition) is 0. The van der Waals surface area contributed by atoms with Gasteiger partial charge in [0.25, 0.3) is 0 Å². The fourth-order valence-electron chi connectivity index (χ4n) is 1.08. The molecule has 0 aliphatic rings. The van der Waals surface area contributed by atoms with Crippen LogP contribution in [0.4, 0.5) is 0 Å². The molecule has 0 spiro atoms. The Bertz CT molecular complexity index is 336. The fourth-order valence-corrected chi connectivity index (χ4v) is 1.33. The van der Waals surface area contributed by atoms with E-state index in [1.165, 1.54) is 13.2 Å². The summed E-state index contributed by atoms with van der Waals surface area (Å²) in [5.41, 5.74) is 0.428. The Morgan fingerprint density at radius 3 is 2.64 bits per heavy atom. The molecule has 76 valence electrons. The van der Waals surface area contributed by atoms with Gasteiger partial charge in [0.1, 0.15) is 11.5 Å². The Morgan fingerprint density at radius 2 is 2.14 bits per heavy atom. The molecule has 1 aromatic carbocycles. The number of ether oxygens (including phenoxy) is 2. The molecular weight excluding hydrogens is 204 g/mol. The van der Waals surface area contributed by atoms with E-state index < -0.39 is 0 Å². The zero-order valence-corrected chi connectivity index (χ0v) is 8.80. The van der Waals surface area contributed by atoms with Gasteiger partial charge < -0.3 is 9.47 Å². The smallest absolute Gasteiger partial charge is 0.153 e. The van der Waals surface area contributed by atoms with Crippen LogP contribution in [0.3, 0.4) is 0 Å². The molecule has 0 fully saturated rings. The van der Waals surface area contributed by atoms with Gasteiger partial charge in [0, 0.05) is 6.07 Å². The average molecular weight is 215 g/mol. The lowest BCUT2D eigenvalue weighted by molar-refractivity contribution is 0.112. The highest BCUT2D eigenvalue weighted by Crippen LogP contribution is 2.31. The highest BCUT2D eigenvalue weighted by molar-refractivity contribution is 6.32. The lowest BCUT2D eigenvalue weighted by atomic mass is 10.2. The molecule has 0 saturated heterocycles. The number of rotatable bonds is 4. The molecule has 0 heterocycles. The summed E-state index contributed by atoms with van der Waals surface area (Å²) in [5.74, 6) is 0.990. The minimum Gasteiger partial charge on any atom is -0.495 e. The van der Waals surface area contributed by atoms with Gasteiger partial charge in [-0.25, -0.2) is 0 Å². The van der Waals surface area contributed by atoms with Crippen molar-refractivity contribution in [3.8, 4) is 11.5 Å². The van der Waals surface area contributed by atoms with Crippen LogP contribution in [0.5, 0.6) is 11.5 Å². The van der Waals surface area contributed by atoms with Crippen molar-refractivity contribution in [3.63, 3.8) is 0 Å². The Morgan fingerprint density at radius 1 is 1.43 bits per heavy atom. The summed E-state index contributed by atoms with van der Waals surface area (Å²) in [4.78, 5) is 10.7. The largest absolute Gasteiger partial charge is 0.495 e. The van der Waals surface area contributed by atoms with E-state index in [1.807, 2.05) is 6.92 Å². The molecule has 1 rings (SSSR count). The maximum Gasteiger partial charge on any atom is 0.153 e. The minimum absolute atomic E-state index is 0.401. The SMILES string of the molecule is CCOc1cc(OC)c(Cl)cc1C=O. The molecule has 0 N–H and O–H groups in total. The van der Waals surface area contributed by atoms with Crippen LogP contribution in [-0.4, -0.2) is 20.0 Å². The zero-order valence-electron chi connectivity index (χ0n) is 8.04. The van der Waals surface area contributed by atoms with Crippen LogP contribution >= 0.6 is 11.6 Å². The Hall–Kier alpha value is -1.22. The molecule has 0 aliphatic carbocycles. The number of halogens is 1. The second kappa shape index (κ2) is 4.86. The standard InChI is InChI=1S/C10H11ClO3/c1-3-14-9-5-10(13-2)8(11)4-7(9)6-12/h4-6H,3H2,1-2H3. The summed E-state index contributed by atoms with van der Waals surface area (Å²) < 4.78 is 10.3. The van der Waals surface area contributed by atoms with E-state index in [9.17, 15) is 4.79 Å². The van der Waals surface area contributed by atoms with E-state index in [1.54, 1.807) is 6.07 Å². The minimum atomic E-state index is 0.401. The first-order chi connectivity index (χ1) is 6.72. The maximum atomic E-state index is 10.7. The zero-order chi connectivity index (χ0) is 10.6. The third-order valence-electron chi connectivity index (χ3n) is 1.71. The molecule has 1 aromatic rings. The average Bonchev–Trinajstić information content (AvgIpc) is 2.20. The predicted octanol–water partition coefficient (Wildman–Crippen LogP) is 2.56. The summed E-state index contributed by atoms with van der Waals surface area (Å²) in [5, 5.41) is 0.401. The van der Waals surface area contributed by atoms with Crippen molar-refractivity contribution in [1.82, 2.24) is 0 Å². The van der Waals surface area contributed by atoms with E-state index in [0.29, 0.717) is 35.0 Å². The molecule has 0 bridgehead atoms. The summed E-state index contributed by atoms with van der Waals surface area (Å²) >= 11 is 5.84. The van der Waals surface area contributed by atoms with Gasteiger partial charge >= 0.3 is 0 Å². The molecule has 0 aromatic heterocycles. The molecule has 0 saturated carbocycles. The normalized spacial score (nSPS) is 9.64. The van der Waals surface area contributed by atoms with Gasteiger partial charge in [0.15, 0.2) is 6.29 Å². The van der Waals surface area contributed by atoms with Crippen LogP contribution in [0.25, 0.3) is 0 Å². The third kappa shape index (κ3) is 2.17. The first kappa shape index (κ1) is 10.9. The van der Waals surface area contributed by atoms with Gasteiger partial charge in [-0.2, -0.15) is 0 Å². The van der Waals surface area contributed by atoms with Gasteiger partial charge in [0.05, 0.1) is 24.3 Å². The van der Waals surface area contributed by atoms with Crippen LogP contribution in [0.15, 0.2) is 12.1 Å². The molecule has 0 atom stereocenters. The highest BCUT2D eigenvalue weighted by atomic mass is 35.5. The highest BCUT2D eigenvalue weighted by Gasteiger charge is 2.09. The summed E-state index contributed by atoms with van der Waals surface area (Å²) in [6.45, 7) is 2.33. The van der Waals surface area contributed by atoms with Crippen molar-refractivity contribution >= 4 is 17.9 Å². The molecule has 0 aliphatic heterocycles. The van der Waals surface area contributed by atoms with E-state index in [0.717, 1.165) is 0 Å². The number of aldehydes is 1. The monoisotopic (exact) mass is 214 g/mol. The van der Waals surface area contributed by atoms with Gasteiger partial charge in [-0.05, 0) is 13.0 Å². The Labute approximate surface area is 87.6 Å². The summed E-state index contributed by atoms with van der Waals surface area (Å²) in [6.07, 6.45) is 0.705. The van der Waals surface area contributed by atoms with Crippen molar-refractivity contribution < 1.29 is 14.3 Å². The second-order valence-corrected chi connectivity index (χ2v) is 2.98. The first-order valence-electron chi connectivity index (χ1n) is 4.18. The molecule has 3 nitrogen and oxygen atoms in total. The van der Waals surface area contributed by atoms with E-state index in [-0.39, 0.29) is 0 Å². The van der Waals surface area contributed by atoms with Crippen molar-refractivity contribution in [1.29, 1.82) is 0 Å². The van der Waals surface area contributed by atoms with Crippen LogP contribution < -0.4 is 9.47 Å². The van der Waals surface area contributed by atoms with E-state index in [2.05, 4.69) is 0 Å². The quantitative estimate of drug-likeness (QED) is 0.723. The topological polar surface area (TPSA) is 35.5 Å². The predicted molar refractivity (Wildman–Crippen MR) is 54.6 cm³/mol.